The largest absolute Gasteiger partial charge is 0.464 e. The fourth-order valence-corrected chi connectivity index (χ4v) is 2.32. The van der Waals surface area contributed by atoms with Gasteiger partial charge in [0.15, 0.2) is 0 Å². The van der Waals surface area contributed by atoms with Gasteiger partial charge in [0.05, 0.1) is 24.5 Å². The number of hydrogen-bond donors (Lipinski definition) is 2. The minimum Gasteiger partial charge on any atom is -0.464 e. The molecule has 2 atom stereocenters. The highest BCUT2D eigenvalue weighted by Gasteiger charge is 2.38. The molecule has 1 aliphatic carbocycles. The predicted octanol–water partition coefficient (Wildman–Crippen LogP) is 1.27. The normalized spacial score (nSPS) is 23.2. The third-order valence-electron chi connectivity index (χ3n) is 3.18. The molecular weight excluding hydrogens is 250 g/mol. The Morgan fingerprint density at radius 2 is 1.79 bits per heavy atom. The van der Waals surface area contributed by atoms with E-state index in [1.165, 1.54) is 0 Å². The summed E-state index contributed by atoms with van der Waals surface area (Å²) >= 11 is 0. The quantitative estimate of drug-likeness (QED) is 0.430. The summed E-state index contributed by atoms with van der Waals surface area (Å²) in [6.45, 7) is 3.86. The first kappa shape index (κ1) is 15.9. The molecule has 0 amide bonds. The lowest BCUT2D eigenvalue weighted by Crippen LogP contribution is -2.36. The van der Waals surface area contributed by atoms with Gasteiger partial charge in [0, 0.05) is 0 Å². The molecule has 1 fully saturated rings. The first-order valence-corrected chi connectivity index (χ1v) is 6.80. The molecule has 19 heavy (non-hydrogen) atoms. The van der Waals surface area contributed by atoms with E-state index in [-0.39, 0.29) is 31.2 Å². The molecule has 0 saturated heterocycles. The highest BCUT2D eigenvalue weighted by atomic mass is 16.5. The van der Waals surface area contributed by atoms with Crippen LogP contribution in [-0.2, 0) is 19.1 Å². The van der Waals surface area contributed by atoms with Crippen molar-refractivity contribution in [1.29, 1.82) is 0 Å². The lowest BCUT2D eigenvalue weighted by atomic mass is 9.79. The van der Waals surface area contributed by atoms with Crippen molar-refractivity contribution in [2.24, 2.45) is 11.8 Å². The Morgan fingerprint density at radius 3 is 2.32 bits per heavy atom. The first-order chi connectivity index (χ1) is 9.06. The smallest absolute Gasteiger partial charge is 0.310 e. The van der Waals surface area contributed by atoms with Crippen LogP contribution >= 0.6 is 0 Å². The molecule has 0 spiro atoms. The highest BCUT2D eigenvalue weighted by molar-refractivity contribution is 5.82. The Morgan fingerprint density at radius 1 is 1.21 bits per heavy atom. The number of rotatable bonds is 6. The number of nitrogens with one attached hydrogen (secondary N) is 1. The maximum atomic E-state index is 12.0. The zero-order valence-electron chi connectivity index (χ0n) is 11.6. The van der Waals surface area contributed by atoms with Gasteiger partial charge in [0.2, 0.25) is 0 Å². The van der Waals surface area contributed by atoms with E-state index in [1.807, 2.05) is 5.48 Å². The monoisotopic (exact) mass is 273 g/mol. The summed E-state index contributed by atoms with van der Waals surface area (Å²) in [5.74, 6) is -1.50. The maximum Gasteiger partial charge on any atom is 0.310 e. The highest BCUT2D eigenvalue weighted by Crippen LogP contribution is 2.32. The van der Waals surface area contributed by atoms with Crippen molar-refractivity contribution in [1.82, 2.24) is 5.48 Å². The predicted molar refractivity (Wildman–Crippen MR) is 67.4 cm³/mol. The fraction of sp³-hybridized carbons (Fsp3) is 0.846. The summed E-state index contributed by atoms with van der Waals surface area (Å²) in [6, 6.07) is 0. The third-order valence-corrected chi connectivity index (χ3v) is 3.18. The molecule has 0 aromatic carbocycles. The van der Waals surface area contributed by atoms with Gasteiger partial charge in [-0.25, -0.2) is 5.48 Å². The van der Waals surface area contributed by atoms with Crippen molar-refractivity contribution >= 4 is 11.9 Å². The summed E-state index contributed by atoms with van der Waals surface area (Å²) in [6.07, 6.45) is 3.00. The van der Waals surface area contributed by atoms with Crippen molar-refractivity contribution in [3.63, 3.8) is 0 Å². The SMILES string of the molecule is CC(C)OC(=O)C1CCCCC1C(=O)OCCNO. The number of hydroxylamine groups is 1. The summed E-state index contributed by atoms with van der Waals surface area (Å²) in [7, 11) is 0. The van der Waals surface area contributed by atoms with Gasteiger partial charge in [-0.15, -0.1) is 0 Å². The number of hydrogen-bond acceptors (Lipinski definition) is 6. The molecule has 6 nitrogen and oxygen atoms in total. The number of ether oxygens (including phenoxy) is 2. The molecule has 0 bridgehead atoms. The van der Waals surface area contributed by atoms with Crippen LogP contribution in [0.4, 0.5) is 0 Å². The minimum atomic E-state index is -0.418. The fourth-order valence-electron chi connectivity index (χ4n) is 2.32. The van der Waals surface area contributed by atoms with E-state index < -0.39 is 11.8 Å². The van der Waals surface area contributed by atoms with Gasteiger partial charge in [-0.1, -0.05) is 12.8 Å². The van der Waals surface area contributed by atoms with E-state index in [1.54, 1.807) is 13.8 Å². The van der Waals surface area contributed by atoms with Crippen molar-refractivity contribution < 1.29 is 24.3 Å². The second-order valence-electron chi connectivity index (χ2n) is 5.06. The van der Waals surface area contributed by atoms with Crippen molar-refractivity contribution in [2.45, 2.75) is 45.6 Å². The molecule has 1 aliphatic rings. The first-order valence-electron chi connectivity index (χ1n) is 6.80. The second kappa shape index (κ2) is 8.12. The van der Waals surface area contributed by atoms with Crippen LogP contribution in [0.15, 0.2) is 0 Å². The van der Waals surface area contributed by atoms with Crippen LogP contribution in [0.2, 0.25) is 0 Å². The molecule has 1 saturated carbocycles. The van der Waals surface area contributed by atoms with Gasteiger partial charge in [0.1, 0.15) is 6.61 Å². The molecule has 6 heteroatoms. The van der Waals surface area contributed by atoms with Crippen LogP contribution in [0.25, 0.3) is 0 Å². The summed E-state index contributed by atoms with van der Waals surface area (Å²) in [5.41, 5.74) is 1.92. The Labute approximate surface area is 113 Å². The summed E-state index contributed by atoms with van der Waals surface area (Å²) in [4.78, 5) is 23.9. The van der Waals surface area contributed by atoms with Crippen LogP contribution < -0.4 is 5.48 Å². The molecule has 1 rings (SSSR count). The van der Waals surface area contributed by atoms with Gasteiger partial charge in [-0.05, 0) is 26.7 Å². The van der Waals surface area contributed by atoms with Crippen LogP contribution in [0.3, 0.4) is 0 Å². The standard InChI is InChI=1S/C13H23NO5/c1-9(2)19-13(16)11-6-4-3-5-10(11)12(15)18-8-7-14-17/h9-11,14,17H,3-8H2,1-2H3. The topological polar surface area (TPSA) is 84.9 Å². The Balaban J connectivity index is 2.56. The summed E-state index contributed by atoms with van der Waals surface area (Å²) < 4.78 is 10.2. The van der Waals surface area contributed by atoms with E-state index in [9.17, 15) is 9.59 Å². The molecule has 2 N–H and O–H groups in total. The van der Waals surface area contributed by atoms with Gasteiger partial charge in [-0.2, -0.15) is 0 Å². The van der Waals surface area contributed by atoms with E-state index in [4.69, 9.17) is 14.7 Å². The van der Waals surface area contributed by atoms with E-state index in [0.717, 1.165) is 12.8 Å². The molecule has 0 radical (unpaired) electrons. The second-order valence-corrected chi connectivity index (χ2v) is 5.06. The average Bonchev–Trinajstić information content (AvgIpc) is 2.38. The third kappa shape index (κ3) is 5.16. The van der Waals surface area contributed by atoms with Gasteiger partial charge >= 0.3 is 11.9 Å². The zero-order chi connectivity index (χ0) is 14.3. The Hall–Kier alpha value is -1.14. The van der Waals surface area contributed by atoms with Crippen LogP contribution in [0, 0.1) is 11.8 Å². The molecule has 110 valence electrons. The molecule has 0 aromatic rings. The number of carbonyl (C=O) groups is 2. The minimum absolute atomic E-state index is 0.0950. The van der Waals surface area contributed by atoms with Crippen LogP contribution in [0.5, 0.6) is 0 Å². The van der Waals surface area contributed by atoms with E-state index in [0.29, 0.717) is 12.8 Å². The summed E-state index contributed by atoms with van der Waals surface area (Å²) in [5, 5.41) is 8.41. The Bertz CT molecular complexity index is 305. The lowest BCUT2D eigenvalue weighted by molar-refractivity contribution is -0.165. The average molecular weight is 273 g/mol. The molecule has 0 aromatic heterocycles. The zero-order valence-corrected chi connectivity index (χ0v) is 11.6. The molecule has 0 aliphatic heterocycles. The van der Waals surface area contributed by atoms with Crippen LogP contribution in [-0.4, -0.2) is 36.4 Å². The molecule has 0 heterocycles. The van der Waals surface area contributed by atoms with Crippen molar-refractivity contribution in [3.8, 4) is 0 Å². The number of carbonyl (C=O) groups excluding carboxylic acids is 2. The Kier molecular flexibility index (Phi) is 6.80. The van der Waals surface area contributed by atoms with Gasteiger partial charge in [0.25, 0.3) is 0 Å². The maximum absolute atomic E-state index is 12.0. The number of esters is 2. The van der Waals surface area contributed by atoms with Crippen molar-refractivity contribution in [2.75, 3.05) is 13.2 Å². The molecular formula is C13H23NO5. The van der Waals surface area contributed by atoms with Crippen molar-refractivity contribution in [3.05, 3.63) is 0 Å². The van der Waals surface area contributed by atoms with Gasteiger partial charge < -0.3 is 14.7 Å². The van der Waals surface area contributed by atoms with E-state index in [2.05, 4.69) is 0 Å². The molecule has 2 unspecified atom stereocenters. The van der Waals surface area contributed by atoms with Gasteiger partial charge in [-0.3, -0.25) is 9.59 Å². The van der Waals surface area contributed by atoms with Crippen LogP contribution in [0.1, 0.15) is 39.5 Å². The lowest BCUT2D eigenvalue weighted by Gasteiger charge is -2.28. The van der Waals surface area contributed by atoms with E-state index >= 15 is 0 Å².